The molecule has 9 heteroatoms. The molecule has 0 unspecified atom stereocenters. The Hall–Kier alpha value is -3.59. The molecular weight excluding hydrogens is 448 g/mol. The fourth-order valence-corrected chi connectivity index (χ4v) is 4.01. The predicted octanol–water partition coefficient (Wildman–Crippen LogP) is 2.39. The molecule has 1 saturated heterocycles. The Morgan fingerprint density at radius 1 is 1.09 bits per heavy atom. The van der Waals surface area contributed by atoms with Crippen molar-refractivity contribution in [2.24, 2.45) is 0 Å². The molecule has 2 aromatic carbocycles. The standard InChI is InChI=1S/C26H34N4O5/c1-29(2)26(33)23-9-5-15-30(23)16-6-14-27-25(32)19-10-12-21(13-11-19)35-18-24(31)28-20-7-4-8-22(17-20)34-3/h4,7-8,10-13,17,23H,5-6,9,14-16,18H2,1-3H3,(H,27,32)(H,28,31)/t23-/m0/s1. The third kappa shape index (κ3) is 7.71. The van der Waals surface area contributed by atoms with Crippen LogP contribution in [0, 0.1) is 0 Å². The molecule has 1 aliphatic heterocycles. The van der Waals surface area contributed by atoms with E-state index in [4.69, 9.17) is 9.47 Å². The Balaban J connectivity index is 1.37. The van der Waals surface area contributed by atoms with Gasteiger partial charge in [-0.15, -0.1) is 0 Å². The molecule has 2 aromatic rings. The minimum absolute atomic E-state index is 0.0501. The van der Waals surface area contributed by atoms with Gasteiger partial charge in [0.25, 0.3) is 11.8 Å². The largest absolute Gasteiger partial charge is 0.497 e. The molecular formula is C26H34N4O5. The van der Waals surface area contributed by atoms with Crippen molar-refractivity contribution in [2.45, 2.75) is 25.3 Å². The first kappa shape index (κ1) is 26.0. The molecule has 3 rings (SSSR count). The summed E-state index contributed by atoms with van der Waals surface area (Å²) in [5, 5.41) is 5.67. The lowest BCUT2D eigenvalue weighted by atomic mass is 10.2. The average molecular weight is 483 g/mol. The zero-order valence-corrected chi connectivity index (χ0v) is 20.6. The number of nitrogens with one attached hydrogen (secondary N) is 2. The van der Waals surface area contributed by atoms with Crippen LogP contribution in [0.25, 0.3) is 0 Å². The van der Waals surface area contributed by atoms with E-state index in [9.17, 15) is 14.4 Å². The molecule has 0 saturated carbocycles. The van der Waals surface area contributed by atoms with Gasteiger partial charge in [0.1, 0.15) is 11.5 Å². The quantitative estimate of drug-likeness (QED) is 0.477. The van der Waals surface area contributed by atoms with Gasteiger partial charge in [-0.25, -0.2) is 0 Å². The Labute approximate surface area is 206 Å². The fraction of sp³-hybridized carbons (Fsp3) is 0.423. The number of benzene rings is 2. The summed E-state index contributed by atoms with van der Waals surface area (Å²) in [6, 6.07) is 13.7. The number of anilines is 1. The molecule has 0 radical (unpaired) electrons. The number of carbonyl (C=O) groups is 3. The van der Waals surface area contributed by atoms with Crippen LogP contribution in [0.4, 0.5) is 5.69 Å². The maximum Gasteiger partial charge on any atom is 0.262 e. The van der Waals surface area contributed by atoms with Gasteiger partial charge in [-0.2, -0.15) is 0 Å². The highest BCUT2D eigenvalue weighted by molar-refractivity contribution is 5.94. The number of carbonyl (C=O) groups excluding carboxylic acids is 3. The van der Waals surface area contributed by atoms with Crippen molar-refractivity contribution in [1.29, 1.82) is 0 Å². The highest BCUT2D eigenvalue weighted by atomic mass is 16.5. The van der Waals surface area contributed by atoms with E-state index in [1.807, 2.05) is 0 Å². The summed E-state index contributed by atoms with van der Waals surface area (Å²) in [7, 11) is 5.13. The third-order valence-electron chi connectivity index (χ3n) is 5.84. The van der Waals surface area contributed by atoms with Gasteiger partial charge >= 0.3 is 0 Å². The number of likely N-dealkylation sites (tertiary alicyclic amines) is 1. The summed E-state index contributed by atoms with van der Waals surface area (Å²) < 4.78 is 10.7. The number of rotatable bonds is 11. The van der Waals surface area contributed by atoms with Gasteiger partial charge in [0.2, 0.25) is 5.91 Å². The summed E-state index contributed by atoms with van der Waals surface area (Å²) in [5.74, 6) is 0.819. The number of hydrogen-bond acceptors (Lipinski definition) is 6. The summed E-state index contributed by atoms with van der Waals surface area (Å²) in [5.41, 5.74) is 1.13. The molecule has 1 atom stereocenters. The van der Waals surface area contributed by atoms with Crippen LogP contribution >= 0.6 is 0 Å². The van der Waals surface area contributed by atoms with Crippen LogP contribution in [-0.4, -0.2) is 81.0 Å². The summed E-state index contributed by atoms with van der Waals surface area (Å²) in [6.07, 6.45) is 2.68. The molecule has 0 aliphatic carbocycles. The number of nitrogens with zero attached hydrogens (tertiary/aromatic N) is 2. The van der Waals surface area contributed by atoms with Crippen molar-refractivity contribution in [3.8, 4) is 11.5 Å². The van der Waals surface area contributed by atoms with Crippen LogP contribution in [-0.2, 0) is 9.59 Å². The first-order valence-electron chi connectivity index (χ1n) is 11.8. The Morgan fingerprint density at radius 2 is 1.86 bits per heavy atom. The first-order chi connectivity index (χ1) is 16.9. The highest BCUT2D eigenvalue weighted by Crippen LogP contribution is 2.19. The van der Waals surface area contributed by atoms with Crippen molar-refractivity contribution in [3.05, 3.63) is 54.1 Å². The molecule has 1 fully saturated rings. The van der Waals surface area contributed by atoms with E-state index in [0.29, 0.717) is 29.3 Å². The van der Waals surface area contributed by atoms with Gasteiger partial charge in [0, 0.05) is 44.5 Å². The molecule has 0 bridgehead atoms. The zero-order valence-electron chi connectivity index (χ0n) is 20.6. The predicted molar refractivity (Wildman–Crippen MR) is 134 cm³/mol. The fourth-order valence-electron chi connectivity index (χ4n) is 4.01. The zero-order chi connectivity index (χ0) is 25.2. The minimum atomic E-state index is -0.299. The van der Waals surface area contributed by atoms with Gasteiger partial charge in [-0.3, -0.25) is 19.3 Å². The van der Waals surface area contributed by atoms with E-state index in [0.717, 1.165) is 32.4 Å². The topological polar surface area (TPSA) is 100 Å². The van der Waals surface area contributed by atoms with Crippen LogP contribution in [0.1, 0.15) is 29.6 Å². The number of hydrogen-bond donors (Lipinski definition) is 2. The smallest absolute Gasteiger partial charge is 0.262 e. The van der Waals surface area contributed by atoms with Crippen molar-refractivity contribution in [3.63, 3.8) is 0 Å². The highest BCUT2D eigenvalue weighted by Gasteiger charge is 2.31. The molecule has 2 N–H and O–H groups in total. The monoisotopic (exact) mass is 482 g/mol. The lowest BCUT2D eigenvalue weighted by molar-refractivity contribution is -0.133. The molecule has 3 amide bonds. The molecule has 0 aromatic heterocycles. The second kappa shape index (κ2) is 12.8. The number of amides is 3. The summed E-state index contributed by atoms with van der Waals surface area (Å²) in [4.78, 5) is 40.7. The summed E-state index contributed by atoms with van der Waals surface area (Å²) >= 11 is 0. The Morgan fingerprint density at radius 3 is 2.57 bits per heavy atom. The van der Waals surface area contributed by atoms with Crippen LogP contribution < -0.4 is 20.1 Å². The Bertz CT molecular complexity index is 1010. The molecule has 1 aliphatic rings. The van der Waals surface area contributed by atoms with Crippen LogP contribution in [0.15, 0.2) is 48.5 Å². The summed E-state index contributed by atoms with van der Waals surface area (Å²) in [6.45, 7) is 2.06. The molecule has 1 heterocycles. The van der Waals surface area contributed by atoms with Gasteiger partial charge < -0.3 is 25.0 Å². The second-order valence-electron chi connectivity index (χ2n) is 8.63. The van der Waals surface area contributed by atoms with E-state index >= 15 is 0 Å². The lowest BCUT2D eigenvalue weighted by Crippen LogP contribution is -2.43. The van der Waals surface area contributed by atoms with Crippen molar-refractivity contribution in [1.82, 2.24) is 15.1 Å². The molecule has 188 valence electrons. The van der Waals surface area contributed by atoms with Crippen LogP contribution in [0.2, 0.25) is 0 Å². The van der Waals surface area contributed by atoms with E-state index in [1.165, 1.54) is 0 Å². The third-order valence-corrected chi connectivity index (χ3v) is 5.84. The van der Waals surface area contributed by atoms with Gasteiger partial charge in [-0.05, 0) is 62.2 Å². The normalized spacial score (nSPS) is 15.3. The SMILES string of the molecule is COc1cccc(NC(=O)COc2ccc(C(=O)NCCCN3CCC[C@H]3C(=O)N(C)C)cc2)c1. The van der Waals surface area contributed by atoms with E-state index < -0.39 is 0 Å². The molecule has 35 heavy (non-hydrogen) atoms. The van der Waals surface area contributed by atoms with Gasteiger partial charge in [0.15, 0.2) is 6.61 Å². The van der Waals surface area contributed by atoms with E-state index in [-0.39, 0.29) is 30.4 Å². The number of ether oxygens (including phenoxy) is 2. The van der Waals surface area contributed by atoms with E-state index in [2.05, 4.69) is 15.5 Å². The molecule has 9 nitrogen and oxygen atoms in total. The average Bonchev–Trinajstić information content (AvgIpc) is 3.33. The Kier molecular flexibility index (Phi) is 9.48. The van der Waals surface area contributed by atoms with Crippen LogP contribution in [0.3, 0.4) is 0 Å². The maximum atomic E-state index is 12.4. The second-order valence-corrected chi connectivity index (χ2v) is 8.63. The maximum absolute atomic E-state index is 12.4. The van der Waals surface area contributed by atoms with Crippen LogP contribution in [0.5, 0.6) is 11.5 Å². The number of methoxy groups -OCH3 is 1. The van der Waals surface area contributed by atoms with E-state index in [1.54, 1.807) is 74.6 Å². The minimum Gasteiger partial charge on any atom is -0.497 e. The lowest BCUT2D eigenvalue weighted by Gasteiger charge is -2.26. The van der Waals surface area contributed by atoms with Gasteiger partial charge in [0.05, 0.1) is 13.2 Å². The van der Waals surface area contributed by atoms with Crippen molar-refractivity contribution in [2.75, 3.05) is 52.8 Å². The van der Waals surface area contributed by atoms with Gasteiger partial charge in [-0.1, -0.05) is 6.07 Å². The first-order valence-corrected chi connectivity index (χ1v) is 11.8. The van der Waals surface area contributed by atoms with Crippen molar-refractivity contribution >= 4 is 23.4 Å². The van der Waals surface area contributed by atoms with Crippen molar-refractivity contribution < 1.29 is 23.9 Å². The molecule has 0 spiro atoms. The number of likely N-dealkylation sites (N-methyl/N-ethyl adjacent to an activating group) is 1.